The summed E-state index contributed by atoms with van der Waals surface area (Å²) in [6, 6.07) is 17.7. The molecule has 0 saturated heterocycles. The molecule has 24 heavy (non-hydrogen) atoms. The summed E-state index contributed by atoms with van der Waals surface area (Å²) >= 11 is 3.52. The second kappa shape index (κ2) is 7.05. The van der Waals surface area contributed by atoms with E-state index in [0.717, 1.165) is 32.1 Å². The van der Waals surface area contributed by atoms with Gasteiger partial charge in [-0.15, -0.1) is 0 Å². The molecule has 0 aliphatic carbocycles. The predicted molar refractivity (Wildman–Crippen MR) is 102 cm³/mol. The number of fused-ring (bicyclic) bond motifs is 1. The highest BCUT2D eigenvalue weighted by Crippen LogP contribution is 2.26. The molecule has 3 rings (SSSR count). The average molecular weight is 384 g/mol. The van der Waals surface area contributed by atoms with E-state index in [1.165, 1.54) is 0 Å². The number of anilines is 1. The smallest absolute Gasteiger partial charge is 0.262 e. The van der Waals surface area contributed by atoms with Crippen molar-refractivity contribution in [3.63, 3.8) is 0 Å². The molecule has 3 aromatic rings. The predicted octanol–water partition coefficient (Wildman–Crippen LogP) is 5.24. The molecule has 1 N–H and O–H groups in total. The van der Waals surface area contributed by atoms with E-state index in [9.17, 15) is 4.79 Å². The van der Waals surface area contributed by atoms with Gasteiger partial charge in [0.25, 0.3) is 5.91 Å². The van der Waals surface area contributed by atoms with Crippen LogP contribution in [-0.2, 0) is 4.79 Å². The lowest BCUT2D eigenvalue weighted by atomic mass is 10.1. The Bertz CT molecular complexity index is 882. The van der Waals surface area contributed by atoms with Gasteiger partial charge in [0.1, 0.15) is 5.75 Å². The van der Waals surface area contributed by atoms with Gasteiger partial charge in [-0.3, -0.25) is 4.79 Å². The van der Waals surface area contributed by atoms with Crippen molar-refractivity contribution >= 4 is 38.3 Å². The molecular formula is C20H18BrNO2. The average Bonchev–Trinajstić information content (AvgIpc) is 2.57. The molecule has 0 unspecified atom stereocenters. The molecule has 0 aliphatic rings. The van der Waals surface area contributed by atoms with Crippen molar-refractivity contribution in [2.45, 2.75) is 13.8 Å². The third-order valence-electron chi connectivity index (χ3n) is 3.81. The van der Waals surface area contributed by atoms with Crippen LogP contribution in [0.25, 0.3) is 10.8 Å². The van der Waals surface area contributed by atoms with Crippen LogP contribution in [-0.4, -0.2) is 12.5 Å². The van der Waals surface area contributed by atoms with Gasteiger partial charge in [0, 0.05) is 10.2 Å². The van der Waals surface area contributed by atoms with Gasteiger partial charge in [-0.25, -0.2) is 0 Å². The number of halogens is 1. The third-order valence-corrected chi connectivity index (χ3v) is 5.06. The first-order valence-corrected chi connectivity index (χ1v) is 8.50. The Morgan fingerprint density at radius 1 is 1.00 bits per heavy atom. The first kappa shape index (κ1) is 16.5. The molecule has 3 aromatic carbocycles. The van der Waals surface area contributed by atoms with Crippen molar-refractivity contribution in [3.05, 3.63) is 70.2 Å². The highest BCUT2D eigenvalue weighted by atomic mass is 79.9. The van der Waals surface area contributed by atoms with E-state index in [2.05, 4.69) is 21.2 Å². The van der Waals surface area contributed by atoms with Gasteiger partial charge in [0.2, 0.25) is 0 Å². The lowest BCUT2D eigenvalue weighted by Gasteiger charge is -2.11. The number of ether oxygens (including phenoxy) is 1. The fourth-order valence-electron chi connectivity index (χ4n) is 2.60. The van der Waals surface area contributed by atoms with Crippen LogP contribution in [0.4, 0.5) is 5.69 Å². The molecule has 0 radical (unpaired) electrons. The molecule has 3 nitrogen and oxygen atoms in total. The van der Waals surface area contributed by atoms with E-state index in [1.54, 1.807) is 0 Å². The van der Waals surface area contributed by atoms with E-state index in [1.807, 2.05) is 68.4 Å². The molecule has 0 fully saturated rings. The second-order valence-electron chi connectivity index (χ2n) is 5.77. The molecule has 122 valence electrons. The van der Waals surface area contributed by atoms with E-state index in [4.69, 9.17) is 4.74 Å². The van der Waals surface area contributed by atoms with Crippen LogP contribution in [0.5, 0.6) is 5.75 Å². The number of hydrogen-bond acceptors (Lipinski definition) is 2. The van der Waals surface area contributed by atoms with Gasteiger partial charge in [0.05, 0.1) is 0 Å². The number of carbonyl (C=O) groups is 1. The number of rotatable bonds is 4. The van der Waals surface area contributed by atoms with Crippen LogP contribution >= 0.6 is 15.9 Å². The van der Waals surface area contributed by atoms with E-state index in [-0.39, 0.29) is 12.5 Å². The van der Waals surface area contributed by atoms with Crippen molar-refractivity contribution in [2.75, 3.05) is 11.9 Å². The SMILES string of the molecule is Cc1cc(OCC(=O)Nc2ccc3ccccc3c2)cc(C)c1Br. The van der Waals surface area contributed by atoms with E-state index in [0.29, 0.717) is 5.75 Å². The van der Waals surface area contributed by atoms with Crippen molar-refractivity contribution in [2.24, 2.45) is 0 Å². The summed E-state index contributed by atoms with van der Waals surface area (Å²) in [5.74, 6) is 0.519. The minimum atomic E-state index is -0.177. The van der Waals surface area contributed by atoms with Crippen molar-refractivity contribution < 1.29 is 9.53 Å². The summed E-state index contributed by atoms with van der Waals surface area (Å²) in [6.07, 6.45) is 0. The quantitative estimate of drug-likeness (QED) is 0.668. The van der Waals surface area contributed by atoms with Gasteiger partial charge in [-0.1, -0.05) is 46.3 Å². The van der Waals surface area contributed by atoms with Crippen LogP contribution < -0.4 is 10.1 Å². The van der Waals surface area contributed by atoms with Crippen molar-refractivity contribution in [3.8, 4) is 5.75 Å². The maximum absolute atomic E-state index is 12.1. The Kier molecular flexibility index (Phi) is 4.86. The van der Waals surface area contributed by atoms with E-state index < -0.39 is 0 Å². The van der Waals surface area contributed by atoms with Crippen molar-refractivity contribution in [1.82, 2.24) is 0 Å². The summed E-state index contributed by atoms with van der Waals surface area (Å²) in [5, 5.41) is 5.11. The normalized spacial score (nSPS) is 10.6. The molecule has 0 aromatic heterocycles. The van der Waals surface area contributed by atoms with E-state index >= 15 is 0 Å². The molecule has 0 aliphatic heterocycles. The summed E-state index contributed by atoms with van der Waals surface area (Å²) in [6.45, 7) is 3.98. The molecule has 0 bridgehead atoms. The lowest BCUT2D eigenvalue weighted by molar-refractivity contribution is -0.118. The number of nitrogens with one attached hydrogen (secondary N) is 1. The van der Waals surface area contributed by atoms with Gasteiger partial charge in [-0.2, -0.15) is 0 Å². The monoisotopic (exact) mass is 383 g/mol. The largest absolute Gasteiger partial charge is 0.484 e. The Morgan fingerprint density at radius 3 is 2.38 bits per heavy atom. The summed E-state index contributed by atoms with van der Waals surface area (Å²) in [7, 11) is 0. The Labute approximate surface area is 149 Å². The summed E-state index contributed by atoms with van der Waals surface area (Å²) < 4.78 is 6.68. The Morgan fingerprint density at radius 2 is 1.67 bits per heavy atom. The van der Waals surface area contributed by atoms with Crippen LogP contribution in [0.1, 0.15) is 11.1 Å². The minimum Gasteiger partial charge on any atom is -0.484 e. The summed E-state index contributed by atoms with van der Waals surface area (Å²) in [4.78, 5) is 12.1. The number of benzene rings is 3. The maximum atomic E-state index is 12.1. The van der Waals surface area contributed by atoms with Gasteiger partial charge in [0.15, 0.2) is 6.61 Å². The first-order valence-electron chi connectivity index (χ1n) is 7.71. The molecule has 0 atom stereocenters. The zero-order valence-electron chi connectivity index (χ0n) is 13.6. The highest BCUT2D eigenvalue weighted by Gasteiger charge is 2.07. The summed E-state index contributed by atoms with van der Waals surface area (Å²) in [5.41, 5.74) is 2.94. The molecule has 4 heteroatoms. The molecule has 1 amide bonds. The zero-order chi connectivity index (χ0) is 17.1. The molecular weight excluding hydrogens is 366 g/mol. The fraction of sp³-hybridized carbons (Fsp3) is 0.150. The highest BCUT2D eigenvalue weighted by molar-refractivity contribution is 9.10. The zero-order valence-corrected chi connectivity index (χ0v) is 15.2. The Hall–Kier alpha value is -2.33. The minimum absolute atomic E-state index is 0.0205. The number of hydrogen-bond donors (Lipinski definition) is 1. The number of amides is 1. The van der Waals surface area contributed by atoms with Gasteiger partial charge in [-0.05, 0) is 60.0 Å². The van der Waals surface area contributed by atoms with Crippen LogP contribution in [0.3, 0.4) is 0 Å². The lowest BCUT2D eigenvalue weighted by Crippen LogP contribution is -2.20. The van der Waals surface area contributed by atoms with Crippen LogP contribution in [0.15, 0.2) is 59.1 Å². The first-order chi connectivity index (χ1) is 11.5. The fourth-order valence-corrected chi connectivity index (χ4v) is 2.83. The molecule has 0 heterocycles. The second-order valence-corrected chi connectivity index (χ2v) is 6.56. The van der Waals surface area contributed by atoms with Gasteiger partial charge >= 0.3 is 0 Å². The van der Waals surface area contributed by atoms with Crippen LogP contribution in [0.2, 0.25) is 0 Å². The topological polar surface area (TPSA) is 38.3 Å². The maximum Gasteiger partial charge on any atom is 0.262 e. The third kappa shape index (κ3) is 3.77. The van der Waals surface area contributed by atoms with Crippen molar-refractivity contribution in [1.29, 1.82) is 0 Å². The number of carbonyl (C=O) groups excluding carboxylic acids is 1. The van der Waals surface area contributed by atoms with Gasteiger partial charge < -0.3 is 10.1 Å². The molecule has 0 spiro atoms. The van der Waals surface area contributed by atoms with Crippen LogP contribution in [0, 0.1) is 13.8 Å². The number of aryl methyl sites for hydroxylation is 2. The standard InChI is InChI=1S/C20H18BrNO2/c1-13-9-18(10-14(2)20(13)21)24-12-19(23)22-17-8-7-15-5-3-4-6-16(15)11-17/h3-11H,12H2,1-2H3,(H,22,23). The molecule has 0 saturated carbocycles. The Balaban J connectivity index is 1.64.